The molecule has 5 rings (SSSR count). The lowest BCUT2D eigenvalue weighted by Gasteiger charge is -2.49. The lowest BCUT2D eigenvalue weighted by atomic mass is 9.56. The van der Waals surface area contributed by atoms with Gasteiger partial charge in [-0.05, 0) is 197 Å². The Bertz CT molecular complexity index is 2380. The SMILES string of the molecule is CC(=O)[C@@H](C(C)(C)C)C(F)(F)F.CC(=O)[C@@H](C)C(C)(C)C.CC(=O)[C@H](C(C)(C)C)C(F)(F)F.CC(C(C)(C)C)C(C)(C)C.CC(C)(C)C1(C(=O)O)CC1.CC(C)(C)C1(C(F)(F)F)CC1.CC(C)(C)C1(C)CCC1.CC(C)(C)C1CC1.CC(C)[C@@H](C)C(C)(C)C.COC[C@@H](C)C(C)(C)C.C[C@H](C1CC1)C(C)(C)C. The summed E-state index contributed by atoms with van der Waals surface area (Å²) >= 11 is 0. The third-order valence-electron chi connectivity index (χ3n) is 25.1. The number of aliphatic carboxylic acids is 1. The molecule has 1 N–H and O–H groups in total. The number of alkyl halides is 9. The van der Waals surface area contributed by atoms with Crippen LogP contribution < -0.4 is 0 Å². The van der Waals surface area contributed by atoms with Crippen LogP contribution in [-0.4, -0.2) is 60.7 Å². The maximum absolute atomic E-state index is 12.4. The summed E-state index contributed by atoms with van der Waals surface area (Å²) in [5.41, 5.74) is -0.350. The molecule has 0 saturated heterocycles. The summed E-state index contributed by atoms with van der Waals surface area (Å²) in [5.74, 6) is 0.542. The molecule has 0 heterocycles. The van der Waals surface area contributed by atoms with E-state index in [0.717, 1.165) is 68.8 Å². The Morgan fingerprint density at radius 2 is 0.738 bits per heavy atom. The number of hydrogen-bond acceptors (Lipinski definition) is 5. The van der Waals surface area contributed by atoms with Gasteiger partial charge in [0.1, 0.15) is 29.2 Å². The summed E-state index contributed by atoms with van der Waals surface area (Å²) in [6, 6.07) is 0. The van der Waals surface area contributed by atoms with Gasteiger partial charge in [-0.3, -0.25) is 19.2 Å². The highest BCUT2D eigenvalue weighted by molar-refractivity contribution is 5.80. The van der Waals surface area contributed by atoms with Crippen molar-refractivity contribution in [1.82, 2.24) is 0 Å². The summed E-state index contributed by atoms with van der Waals surface area (Å²) in [7, 11) is 1.75. The zero-order valence-electron chi connectivity index (χ0n) is 79.1. The van der Waals surface area contributed by atoms with E-state index in [0.29, 0.717) is 62.1 Å². The van der Waals surface area contributed by atoms with Gasteiger partial charge in [-0.25, -0.2) is 0 Å². The quantitative estimate of drug-likeness (QED) is 0.243. The fourth-order valence-electron chi connectivity index (χ4n) is 12.8. The predicted octanol–water partition coefficient (Wildman–Crippen LogP) is 31.2. The van der Waals surface area contributed by atoms with Crippen molar-refractivity contribution in [2.24, 2.45) is 140 Å². The molecule has 5 saturated carbocycles. The van der Waals surface area contributed by atoms with E-state index in [4.69, 9.17) is 9.84 Å². The summed E-state index contributed by atoms with van der Waals surface area (Å²) in [5, 5.41) is 8.84. The third-order valence-corrected chi connectivity index (χ3v) is 25.1. The summed E-state index contributed by atoms with van der Waals surface area (Å²) < 4.78 is 116. The number of Topliss-reactive ketones (excluding diaryl/α,β-unsaturated/α-hetero) is 3. The highest BCUT2D eigenvalue weighted by Crippen LogP contribution is 2.67. The highest BCUT2D eigenvalue weighted by Gasteiger charge is 2.68. The van der Waals surface area contributed by atoms with Crippen LogP contribution >= 0.6 is 0 Å². The van der Waals surface area contributed by atoms with Crippen LogP contribution in [0.2, 0.25) is 0 Å². The van der Waals surface area contributed by atoms with Gasteiger partial charge < -0.3 is 9.84 Å². The summed E-state index contributed by atoms with van der Waals surface area (Å²) in [6.45, 7) is 96.9. The molecule has 0 aromatic heterocycles. The molecule has 0 bridgehead atoms. The Kier molecular flexibility index (Phi) is 45.9. The topological polar surface area (TPSA) is 97.7 Å². The van der Waals surface area contributed by atoms with Crippen molar-refractivity contribution >= 4 is 23.3 Å². The van der Waals surface area contributed by atoms with E-state index in [2.05, 4.69) is 215 Å². The molecule has 0 aliphatic heterocycles. The van der Waals surface area contributed by atoms with Gasteiger partial charge in [-0.15, -0.1) is 0 Å². The minimum absolute atomic E-state index is 0.0706. The van der Waals surface area contributed by atoms with Crippen LogP contribution in [0.1, 0.15) is 396 Å². The molecule has 0 aromatic rings. The highest BCUT2D eigenvalue weighted by atomic mass is 19.4. The zero-order chi connectivity index (χ0) is 88.3. The first-order valence-corrected chi connectivity index (χ1v) is 40.6. The van der Waals surface area contributed by atoms with Gasteiger partial charge in [0.2, 0.25) is 0 Å². The van der Waals surface area contributed by atoms with Gasteiger partial charge in [-0.1, -0.05) is 311 Å². The van der Waals surface area contributed by atoms with E-state index in [1.807, 2.05) is 27.7 Å². The molecule has 0 aromatic carbocycles. The van der Waals surface area contributed by atoms with Crippen molar-refractivity contribution in [1.29, 1.82) is 0 Å². The van der Waals surface area contributed by atoms with E-state index in [1.165, 1.54) is 86.5 Å². The molecular weight excluding hydrogens is 1370 g/mol. The van der Waals surface area contributed by atoms with Gasteiger partial charge in [0.05, 0.1) is 10.8 Å². The molecule has 6 atom stereocenters. The van der Waals surface area contributed by atoms with E-state index in [-0.39, 0.29) is 22.5 Å². The number of hydrogen-bond donors (Lipinski definition) is 1. The second-order valence-electron chi connectivity index (χ2n) is 46.4. The Balaban J connectivity index is -0.000000263. The summed E-state index contributed by atoms with van der Waals surface area (Å²) in [4.78, 5) is 43.0. The van der Waals surface area contributed by atoms with Crippen LogP contribution in [0.15, 0.2) is 0 Å². The van der Waals surface area contributed by atoms with Gasteiger partial charge in [-0.2, -0.15) is 39.5 Å². The minimum atomic E-state index is -4.43. The molecule has 0 radical (unpaired) electrons. The van der Waals surface area contributed by atoms with Crippen molar-refractivity contribution in [2.75, 3.05) is 13.7 Å². The van der Waals surface area contributed by atoms with Crippen molar-refractivity contribution in [3.63, 3.8) is 0 Å². The molecule has 5 aliphatic carbocycles. The van der Waals surface area contributed by atoms with Crippen LogP contribution in [0.25, 0.3) is 0 Å². The lowest BCUT2D eigenvalue weighted by Crippen LogP contribution is -2.39. The number of ketones is 3. The standard InChI is InChI=1S/C10H22.2C9H18.C9H20.2C8H13F3O.C8H13F3.C8H14O2.C8H18O.C8H16O.C7H14/c1-8(9(2,3)4)10(5,6)7;1-8(2,3)9(4)6-5-7-9;1-7(8-5-6-8)9(2,3)4;1-7(2)8(3)9(4,5)6;2*1-5(12)6(7(2,3)4)8(9,10)11;1-6(2,3)7(4-5-7)8(9,10)11;1-7(2,3)8(4-5-8)6(9)10;1-7(6-9-5)8(2,3)4;1-6(7(2)9)8(3,4)5;1-7(2,3)6-4-5-6/h8H,1-7H3;5-7H2,1-4H3;7-8H,5-6H2,1-4H3;7-8H,1-6H3;2*6H,1-4H3;4-5H2,1-3H3;4-5H2,1-3H3,(H,9,10);7H,6H2,1-5H3;6H,1-5H3;6H,4-5H2,1-3H3/t;;7-;8-;2*6-;;;7-;6-;/m..1110..11./s1. The van der Waals surface area contributed by atoms with Crippen LogP contribution in [0, 0.1) is 140 Å². The largest absolute Gasteiger partial charge is 0.481 e. The third kappa shape index (κ3) is 46.1. The Labute approximate surface area is 657 Å². The predicted molar refractivity (Wildman–Crippen MR) is 442 cm³/mol. The number of carboxylic acids is 1. The first-order chi connectivity index (χ1) is 46.2. The first kappa shape index (κ1) is 116. The number of carbonyl (C=O) groups is 4. The van der Waals surface area contributed by atoms with Crippen molar-refractivity contribution < 1.29 is 68.5 Å². The molecule has 0 spiro atoms. The normalized spacial score (nSPS) is 19.0. The molecule has 0 amide bonds. The number of ether oxygens (including phenoxy) is 1. The van der Waals surface area contributed by atoms with Crippen LogP contribution in [0.4, 0.5) is 39.5 Å². The van der Waals surface area contributed by atoms with E-state index >= 15 is 0 Å². The number of carbonyl (C=O) groups excluding carboxylic acids is 3. The number of carboxylic acid groups (broad SMARTS) is 1. The smallest absolute Gasteiger partial charge is 0.399 e. The molecular formula is C92H179F9O6. The minimum Gasteiger partial charge on any atom is -0.481 e. The molecule has 5 fully saturated rings. The van der Waals surface area contributed by atoms with Crippen LogP contribution in [-0.2, 0) is 23.9 Å². The lowest BCUT2D eigenvalue weighted by molar-refractivity contribution is -0.215. The first-order valence-electron chi connectivity index (χ1n) is 40.6. The molecule has 6 nitrogen and oxygen atoms in total. The fourth-order valence-corrected chi connectivity index (χ4v) is 12.8. The number of methoxy groups -OCH3 is 1. The molecule has 15 heteroatoms. The second-order valence-corrected chi connectivity index (χ2v) is 46.4. The van der Waals surface area contributed by atoms with Crippen LogP contribution in [0.3, 0.4) is 0 Å². The molecule has 646 valence electrons. The van der Waals surface area contributed by atoms with E-state index in [9.17, 15) is 58.7 Å². The van der Waals surface area contributed by atoms with E-state index < -0.39 is 75.0 Å². The van der Waals surface area contributed by atoms with Gasteiger partial charge >= 0.3 is 24.5 Å². The average molecular weight is 1550 g/mol. The van der Waals surface area contributed by atoms with Gasteiger partial charge in [0, 0.05) is 19.6 Å². The monoisotopic (exact) mass is 1550 g/mol. The fraction of sp³-hybridized carbons (Fsp3) is 0.957. The van der Waals surface area contributed by atoms with E-state index in [1.54, 1.807) is 34.8 Å². The van der Waals surface area contributed by atoms with Crippen molar-refractivity contribution in [3.8, 4) is 0 Å². The summed E-state index contributed by atoms with van der Waals surface area (Å²) in [6.07, 6.45) is -0.290. The second kappa shape index (κ2) is 42.4. The van der Waals surface area contributed by atoms with Gasteiger partial charge in [0.25, 0.3) is 0 Å². The maximum atomic E-state index is 12.4. The Hall–Kier alpha value is -2.19. The molecule has 0 unspecified atom stereocenters. The zero-order valence-corrected chi connectivity index (χ0v) is 79.1. The Morgan fingerprint density at radius 1 is 0.411 bits per heavy atom. The van der Waals surface area contributed by atoms with Crippen molar-refractivity contribution in [3.05, 3.63) is 0 Å². The van der Waals surface area contributed by atoms with Crippen LogP contribution in [0.5, 0.6) is 0 Å². The number of halogens is 9. The van der Waals surface area contributed by atoms with Crippen molar-refractivity contribution in [2.45, 2.75) is 415 Å². The average Bonchev–Trinajstić information content (AvgIpc) is 1.58. The Morgan fingerprint density at radius 3 is 0.757 bits per heavy atom. The van der Waals surface area contributed by atoms with Gasteiger partial charge in [0.15, 0.2) is 0 Å². The maximum Gasteiger partial charge on any atom is 0.399 e. The molecule has 107 heavy (non-hydrogen) atoms. The molecule has 5 aliphatic rings. The number of rotatable bonds is 8.